The van der Waals surface area contributed by atoms with Crippen molar-refractivity contribution in [2.24, 2.45) is 0 Å². The highest BCUT2D eigenvalue weighted by Gasteiger charge is 2.37. The molecule has 1 heteroatoms. The third kappa shape index (κ3) is 4.91. The summed E-state index contributed by atoms with van der Waals surface area (Å²) in [5.41, 5.74) is 17.0. The van der Waals surface area contributed by atoms with Crippen molar-refractivity contribution >= 4 is 38.6 Å². The molecule has 0 heterocycles. The summed E-state index contributed by atoms with van der Waals surface area (Å²) < 4.78 is 0. The number of benzene rings is 8. The fourth-order valence-electron chi connectivity index (χ4n) is 9.26. The van der Waals surface area contributed by atoms with Crippen LogP contribution in [0.2, 0.25) is 0 Å². The van der Waals surface area contributed by atoms with Gasteiger partial charge in [0.2, 0.25) is 0 Å². The molecule has 0 fully saturated rings. The molecule has 250 valence electrons. The van der Waals surface area contributed by atoms with E-state index in [1.165, 1.54) is 114 Å². The van der Waals surface area contributed by atoms with Crippen LogP contribution in [-0.4, -0.2) is 0 Å². The zero-order chi connectivity index (χ0) is 34.8. The van der Waals surface area contributed by atoms with E-state index in [0.717, 1.165) is 5.69 Å². The quantitative estimate of drug-likeness (QED) is 0.177. The molecule has 0 unspecified atom stereocenters. The average Bonchev–Trinajstić information content (AvgIpc) is 3.44. The van der Waals surface area contributed by atoms with E-state index >= 15 is 0 Å². The molecular formula is C51H41N. The van der Waals surface area contributed by atoms with Gasteiger partial charge < -0.3 is 4.90 Å². The van der Waals surface area contributed by atoms with E-state index in [4.69, 9.17) is 0 Å². The van der Waals surface area contributed by atoms with Crippen LogP contribution in [0.4, 0.5) is 17.1 Å². The Balaban J connectivity index is 1.18. The Morgan fingerprint density at radius 1 is 0.462 bits per heavy atom. The highest BCUT2D eigenvalue weighted by Crippen LogP contribution is 2.53. The molecule has 8 aromatic rings. The molecule has 0 aliphatic heterocycles. The molecule has 2 aliphatic rings. The molecule has 0 amide bonds. The van der Waals surface area contributed by atoms with E-state index in [9.17, 15) is 0 Å². The number of aryl methyl sites for hydroxylation is 1. The van der Waals surface area contributed by atoms with Gasteiger partial charge in [-0.15, -0.1) is 0 Å². The maximum atomic E-state index is 2.50. The van der Waals surface area contributed by atoms with Crippen LogP contribution >= 0.6 is 0 Å². The second-order valence-corrected chi connectivity index (χ2v) is 15.2. The van der Waals surface area contributed by atoms with Crippen molar-refractivity contribution in [3.8, 4) is 33.4 Å². The summed E-state index contributed by atoms with van der Waals surface area (Å²) in [5.74, 6) is 0. The summed E-state index contributed by atoms with van der Waals surface area (Å²) in [6.45, 7) is 4.80. The maximum Gasteiger partial charge on any atom is 0.0546 e. The summed E-state index contributed by atoms with van der Waals surface area (Å²) in [6.07, 6.45) is 4.92. The number of hydrogen-bond acceptors (Lipinski definition) is 1. The van der Waals surface area contributed by atoms with Gasteiger partial charge in [0.1, 0.15) is 0 Å². The van der Waals surface area contributed by atoms with Crippen LogP contribution < -0.4 is 4.90 Å². The van der Waals surface area contributed by atoms with E-state index in [2.05, 4.69) is 183 Å². The maximum absolute atomic E-state index is 2.50. The molecule has 10 rings (SSSR count). The number of nitrogens with zero attached hydrogens (tertiary/aromatic N) is 1. The first kappa shape index (κ1) is 30.9. The first-order chi connectivity index (χ1) is 25.5. The lowest BCUT2D eigenvalue weighted by Crippen LogP contribution is -2.17. The van der Waals surface area contributed by atoms with E-state index < -0.39 is 0 Å². The smallest absolute Gasteiger partial charge is 0.0546 e. The number of fused-ring (bicyclic) bond motifs is 7. The van der Waals surface area contributed by atoms with Crippen molar-refractivity contribution < 1.29 is 0 Å². The number of hydrogen-bond donors (Lipinski definition) is 0. The van der Waals surface area contributed by atoms with Crippen molar-refractivity contribution in [2.45, 2.75) is 44.9 Å². The summed E-state index contributed by atoms with van der Waals surface area (Å²) in [4.78, 5) is 2.50. The van der Waals surface area contributed by atoms with Gasteiger partial charge >= 0.3 is 0 Å². The Kier molecular flexibility index (Phi) is 7.18. The van der Waals surface area contributed by atoms with Crippen LogP contribution in [0, 0.1) is 0 Å². The predicted octanol–water partition coefficient (Wildman–Crippen LogP) is 14.0. The van der Waals surface area contributed by atoms with Gasteiger partial charge in [-0.05, 0) is 134 Å². The van der Waals surface area contributed by atoms with E-state index in [1.807, 2.05) is 0 Å². The van der Waals surface area contributed by atoms with Crippen LogP contribution in [0.15, 0.2) is 164 Å². The molecule has 52 heavy (non-hydrogen) atoms. The minimum absolute atomic E-state index is 0.158. The second-order valence-electron chi connectivity index (χ2n) is 15.2. The van der Waals surface area contributed by atoms with Gasteiger partial charge in [0.05, 0.1) is 5.69 Å². The Hall–Kier alpha value is -5.92. The van der Waals surface area contributed by atoms with E-state index in [1.54, 1.807) is 0 Å². The lowest BCUT2D eigenvalue weighted by Gasteiger charge is -2.30. The minimum atomic E-state index is -0.158. The second kappa shape index (κ2) is 12.1. The van der Waals surface area contributed by atoms with Gasteiger partial charge in [-0.1, -0.05) is 141 Å². The molecule has 2 aliphatic carbocycles. The van der Waals surface area contributed by atoms with Crippen LogP contribution in [0.3, 0.4) is 0 Å². The van der Waals surface area contributed by atoms with Gasteiger partial charge in [-0.25, -0.2) is 0 Å². The Morgan fingerprint density at radius 2 is 1.13 bits per heavy atom. The van der Waals surface area contributed by atoms with Crippen molar-refractivity contribution in [1.29, 1.82) is 0 Å². The lowest BCUT2D eigenvalue weighted by molar-refractivity contribution is 0.666. The Labute approximate surface area is 306 Å². The first-order valence-electron chi connectivity index (χ1n) is 18.8. The summed E-state index contributed by atoms with van der Waals surface area (Å²) in [5, 5.41) is 5.12. The van der Waals surface area contributed by atoms with Crippen molar-refractivity contribution in [1.82, 2.24) is 0 Å². The molecule has 0 saturated heterocycles. The van der Waals surface area contributed by atoms with Gasteiger partial charge in [0.25, 0.3) is 0 Å². The standard InChI is InChI=1S/C51H41N/c1-51(2)48-33-41(28-30-45(48)46-29-25-36-16-9-11-21-44(36)50(46)51)52(40-26-23-37(24-27-40)43-22-12-19-34-15-8-10-20-42(34)43)49-32-39-18-7-6-17-38(39)31-47(49)35-13-4-3-5-14-35/h3-7,9,11-14,16-19,21-33H,8,10,15,20H2,1-2H3. The summed E-state index contributed by atoms with van der Waals surface area (Å²) in [6, 6.07) is 61.3. The fourth-order valence-corrected chi connectivity index (χ4v) is 9.26. The predicted molar refractivity (Wildman–Crippen MR) is 221 cm³/mol. The molecule has 0 spiro atoms. The van der Waals surface area contributed by atoms with E-state index in [-0.39, 0.29) is 5.41 Å². The Morgan fingerprint density at radius 3 is 1.96 bits per heavy atom. The molecule has 8 aromatic carbocycles. The van der Waals surface area contributed by atoms with Crippen LogP contribution in [0.1, 0.15) is 48.9 Å². The normalized spacial score (nSPS) is 14.2. The van der Waals surface area contributed by atoms with Crippen molar-refractivity contribution in [3.05, 3.63) is 186 Å². The summed E-state index contributed by atoms with van der Waals surface area (Å²) >= 11 is 0. The van der Waals surface area contributed by atoms with Gasteiger partial charge in [-0.3, -0.25) is 0 Å². The molecule has 0 aromatic heterocycles. The third-order valence-corrected chi connectivity index (χ3v) is 11.8. The minimum Gasteiger partial charge on any atom is -0.310 e. The largest absolute Gasteiger partial charge is 0.310 e. The topological polar surface area (TPSA) is 3.24 Å². The summed E-state index contributed by atoms with van der Waals surface area (Å²) in [7, 11) is 0. The molecular weight excluding hydrogens is 627 g/mol. The third-order valence-electron chi connectivity index (χ3n) is 11.8. The lowest BCUT2D eigenvalue weighted by atomic mass is 9.80. The van der Waals surface area contributed by atoms with E-state index in [0.29, 0.717) is 0 Å². The zero-order valence-electron chi connectivity index (χ0n) is 29.9. The zero-order valence-corrected chi connectivity index (χ0v) is 29.9. The monoisotopic (exact) mass is 667 g/mol. The molecule has 0 N–H and O–H groups in total. The van der Waals surface area contributed by atoms with Crippen LogP contribution in [0.25, 0.3) is 54.9 Å². The highest BCUT2D eigenvalue weighted by molar-refractivity contribution is 6.01. The molecule has 0 atom stereocenters. The number of rotatable bonds is 5. The molecule has 0 radical (unpaired) electrons. The van der Waals surface area contributed by atoms with Gasteiger partial charge in [0, 0.05) is 22.4 Å². The number of anilines is 3. The molecule has 0 bridgehead atoms. The van der Waals surface area contributed by atoms with Crippen LogP contribution in [0.5, 0.6) is 0 Å². The van der Waals surface area contributed by atoms with Gasteiger partial charge in [0.15, 0.2) is 0 Å². The SMILES string of the molecule is CC1(C)c2cc(N(c3ccc(-c4cccc5c4CCCC5)cc3)c3cc4ccccc4cc3-c3ccccc3)ccc2-c2ccc3ccccc3c21. The van der Waals surface area contributed by atoms with Crippen molar-refractivity contribution in [2.75, 3.05) is 4.90 Å². The first-order valence-corrected chi connectivity index (χ1v) is 18.8. The fraction of sp³-hybridized carbons (Fsp3) is 0.137. The van der Waals surface area contributed by atoms with Crippen LogP contribution in [-0.2, 0) is 18.3 Å². The average molecular weight is 668 g/mol. The Bertz CT molecular complexity index is 2650. The van der Waals surface area contributed by atoms with Gasteiger partial charge in [-0.2, -0.15) is 0 Å². The molecule has 0 saturated carbocycles. The molecule has 1 nitrogen and oxygen atoms in total. The van der Waals surface area contributed by atoms with Crippen molar-refractivity contribution in [3.63, 3.8) is 0 Å². The highest BCUT2D eigenvalue weighted by atomic mass is 15.1.